The summed E-state index contributed by atoms with van der Waals surface area (Å²) in [6.07, 6.45) is 3.91. The van der Waals surface area contributed by atoms with E-state index in [4.69, 9.17) is 0 Å². The Balaban J connectivity index is 2.18. The van der Waals surface area contributed by atoms with Gasteiger partial charge < -0.3 is 5.11 Å². The van der Waals surface area contributed by atoms with E-state index in [9.17, 15) is 13.5 Å². The van der Waals surface area contributed by atoms with Crippen molar-refractivity contribution < 1.29 is 13.5 Å². The van der Waals surface area contributed by atoms with E-state index in [2.05, 4.69) is 13.8 Å². The highest BCUT2D eigenvalue weighted by molar-refractivity contribution is 7.89. The highest BCUT2D eigenvalue weighted by Crippen LogP contribution is 2.38. The third-order valence-corrected chi connectivity index (χ3v) is 7.36. The molecule has 0 unspecified atom stereocenters. The number of nitrogens with zero attached hydrogens (tertiary/aromatic N) is 1. The van der Waals surface area contributed by atoms with Crippen molar-refractivity contribution in [3.63, 3.8) is 0 Å². The van der Waals surface area contributed by atoms with Crippen LogP contribution in [0.15, 0.2) is 16.3 Å². The number of aliphatic hydroxyl groups excluding tert-OH is 1. The summed E-state index contributed by atoms with van der Waals surface area (Å²) in [4.78, 5) is 0.783. The third-order valence-electron chi connectivity index (χ3n) is 4.33. The van der Waals surface area contributed by atoms with E-state index in [1.807, 2.05) is 0 Å². The highest BCUT2D eigenvalue weighted by atomic mass is 32.2. The van der Waals surface area contributed by atoms with Crippen LogP contribution in [0.4, 0.5) is 0 Å². The predicted molar refractivity (Wildman–Crippen MR) is 81.2 cm³/mol. The minimum absolute atomic E-state index is 0.0690. The zero-order valence-electron chi connectivity index (χ0n) is 12.3. The second kappa shape index (κ2) is 5.75. The average molecular weight is 317 g/mol. The molecule has 0 atom stereocenters. The fourth-order valence-electron chi connectivity index (χ4n) is 2.77. The van der Waals surface area contributed by atoms with Crippen LogP contribution in [0.3, 0.4) is 0 Å². The van der Waals surface area contributed by atoms with E-state index in [1.54, 1.807) is 18.5 Å². The fraction of sp³-hybridized carbons (Fsp3) is 0.714. The molecule has 0 bridgehead atoms. The van der Waals surface area contributed by atoms with Gasteiger partial charge in [-0.05, 0) is 42.5 Å². The first-order chi connectivity index (χ1) is 9.28. The van der Waals surface area contributed by atoms with Gasteiger partial charge in [-0.1, -0.05) is 13.8 Å². The molecule has 1 fully saturated rings. The van der Waals surface area contributed by atoms with Gasteiger partial charge in [0.05, 0.1) is 11.5 Å². The van der Waals surface area contributed by atoms with Gasteiger partial charge in [-0.15, -0.1) is 11.3 Å². The molecule has 1 saturated carbocycles. The van der Waals surface area contributed by atoms with Gasteiger partial charge in [-0.25, -0.2) is 8.42 Å². The molecule has 0 aliphatic heterocycles. The summed E-state index contributed by atoms with van der Waals surface area (Å²) in [5.74, 6) is 0. The smallest absolute Gasteiger partial charge is 0.244 e. The molecule has 0 aromatic carbocycles. The molecule has 114 valence electrons. The second-order valence-corrected chi connectivity index (χ2v) is 9.25. The summed E-state index contributed by atoms with van der Waals surface area (Å²) >= 11 is 1.28. The van der Waals surface area contributed by atoms with Crippen LogP contribution in [0.2, 0.25) is 0 Å². The monoisotopic (exact) mass is 317 g/mol. The molecule has 0 spiro atoms. The molecule has 0 amide bonds. The highest BCUT2D eigenvalue weighted by Gasteiger charge is 2.35. The van der Waals surface area contributed by atoms with E-state index in [-0.39, 0.29) is 17.5 Å². The van der Waals surface area contributed by atoms with Crippen LogP contribution in [0, 0.1) is 5.41 Å². The Bertz CT molecular complexity index is 553. The molecule has 1 N–H and O–H groups in total. The topological polar surface area (TPSA) is 57.6 Å². The lowest BCUT2D eigenvalue weighted by molar-refractivity contribution is 0.174. The number of aliphatic hydroxyl groups is 1. The maximum absolute atomic E-state index is 12.7. The molecule has 0 radical (unpaired) electrons. The maximum atomic E-state index is 12.7. The first-order valence-corrected chi connectivity index (χ1v) is 9.25. The van der Waals surface area contributed by atoms with Gasteiger partial charge in [0.2, 0.25) is 10.0 Å². The SMILES string of the molecule is CN(C1CCC(C)(C)CC1)S(=O)(=O)c1ccsc1CO. The molecule has 1 aliphatic carbocycles. The zero-order valence-corrected chi connectivity index (χ0v) is 13.9. The minimum Gasteiger partial charge on any atom is -0.391 e. The van der Waals surface area contributed by atoms with E-state index in [0.717, 1.165) is 25.7 Å². The van der Waals surface area contributed by atoms with Crippen molar-refractivity contribution in [3.8, 4) is 0 Å². The van der Waals surface area contributed by atoms with E-state index in [1.165, 1.54) is 15.6 Å². The van der Waals surface area contributed by atoms with Gasteiger partial charge in [-0.3, -0.25) is 0 Å². The van der Waals surface area contributed by atoms with E-state index < -0.39 is 10.0 Å². The molecule has 1 aliphatic rings. The number of hydrogen-bond acceptors (Lipinski definition) is 4. The lowest BCUT2D eigenvalue weighted by Gasteiger charge is -2.38. The largest absolute Gasteiger partial charge is 0.391 e. The first-order valence-electron chi connectivity index (χ1n) is 6.93. The molecule has 4 nitrogen and oxygen atoms in total. The van der Waals surface area contributed by atoms with Crippen molar-refractivity contribution in [3.05, 3.63) is 16.3 Å². The standard InChI is InChI=1S/C14H23NO3S2/c1-14(2)7-4-11(5-8-14)15(3)20(17,18)13-6-9-19-12(13)10-16/h6,9,11,16H,4-5,7-8,10H2,1-3H3. The van der Waals surface area contributed by atoms with Crippen LogP contribution in [0.1, 0.15) is 44.4 Å². The Morgan fingerprint density at radius 3 is 2.55 bits per heavy atom. The number of hydrogen-bond donors (Lipinski definition) is 1. The quantitative estimate of drug-likeness (QED) is 0.929. The van der Waals surface area contributed by atoms with Gasteiger partial charge in [0.25, 0.3) is 0 Å². The van der Waals surface area contributed by atoms with Gasteiger partial charge in [0.1, 0.15) is 0 Å². The van der Waals surface area contributed by atoms with Crippen molar-refractivity contribution >= 4 is 21.4 Å². The Labute approximate surface area is 125 Å². The summed E-state index contributed by atoms with van der Waals surface area (Å²) in [5, 5.41) is 11.0. The molecule has 1 aromatic rings. The van der Waals surface area contributed by atoms with Crippen LogP contribution in [0.5, 0.6) is 0 Å². The maximum Gasteiger partial charge on any atom is 0.244 e. The average Bonchev–Trinajstić information content (AvgIpc) is 2.87. The van der Waals surface area contributed by atoms with Gasteiger partial charge >= 0.3 is 0 Å². The first kappa shape index (κ1) is 15.9. The fourth-order valence-corrected chi connectivity index (χ4v) is 5.45. The zero-order chi connectivity index (χ0) is 15.0. The molecular formula is C14H23NO3S2. The summed E-state index contributed by atoms with van der Waals surface area (Å²) in [6, 6.07) is 1.66. The van der Waals surface area contributed by atoms with E-state index in [0.29, 0.717) is 10.3 Å². The Kier molecular flexibility index (Phi) is 4.59. The summed E-state index contributed by atoms with van der Waals surface area (Å²) < 4.78 is 26.8. The normalized spacial score (nSPS) is 20.4. The van der Waals surface area contributed by atoms with Crippen molar-refractivity contribution in [1.82, 2.24) is 4.31 Å². The number of sulfonamides is 1. The van der Waals surface area contributed by atoms with Crippen LogP contribution in [0.25, 0.3) is 0 Å². The predicted octanol–water partition coefficient (Wildman–Crippen LogP) is 2.83. The Morgan fingerprint density at radius 1 is 1.40 bits per heavy atom. The van der Waals surface area contributed by atoms with E-state index >= 15 is 0 Å². The summed E-state index contributed by atoms with van der Waals surface area (Å²) in [7, 11) is -1.83. The molecule has 2 rings (SSSR count). The van der Waals surface area contributed by atoms with Crippen molar-refractivity contribution in [2.24, 2.45) is 5.41 Å². The number of thiophene rings is 1. The van der Waals surface area contributed by atoms with Crippen molar-refractivity contribution in [2.75, 3.05) is 7.05 Å². The molecule has 1 heterocycles. The lowest BCUT2D eigenvalue weighted by atomic mass is 9.76. The summed E-state index contributed by atoms with van der Waals surface area (Å²) in [5.41, 5.74) is 0.319. The van der Waals surface area contributed by atoms with Crippen LogP contribution in [-0.2, 0) is 16.6 Å². The Morgan fingerprint density at radius 2 is 2.00 bits per heavy atom. The molecule has 1 aromatic heterocycles. The van der Waals surface area contributed by atoms with Crippen molar-refractivity contribution in [1.29, 1.82) is 0 Å². The van der Waals surface area contributed by atoms with Crippen LogP contribution in [-0.4, -0.2) is 30.9 Å². The Hall–Kier alpha value is -0.430. The third kappa shape index (κ3) is 3.08. The van der Waals surface area contributed by atoms with Gasteiger partial charge in [-0.2, -0.15) is 4.31 Å². The lowest BCUT2D eigenvalue weighted by Crippen LogP contribution is -2.40. The van der Waals surface area contributed by atoms with Gasteiger partial charge in [0, 0.05) is 18.0 Å². The van der Waals surface area contributed by atoms with Crippen LogP contribution < -0.4 is 0 Å². The molecular weight excluding hydrogens is 294 g/mol. The molecule has 6 heteroatoms. The molecule has 0 saturated heterocycles. The summed E-state index contributed by atoms with van der Waals surface area (Å²) in [6.45, 7) is 4.25. The minimum atomic E-state index is -3.49. The van der Waals surface area contributed by atoms with Gasteiger partial charge in [0.15, 0.2) is 0 Å². The molecule has 20 heavy (non-hydrogen) atoms. The van der Waals surface area contributed by atoms with Crippen LogP contribution >= 0.6 is 11.3 Å². The van der Waals surface area contributed by atoms with Crippen molar-refractivity contribution in [2.45, 2.75) is 57.1 Å². The number of rotatable bonds is 4. The second-order valence-electron chi connectivity index (χ2n) is 6.28.